The summed E-state index contributed by atoms with van der Waals surface area (Å²) in [5.74, 6) is 1.19. The maximum atomic E-state index is 10.7. The van der Waals surface area contributed by atoms with Crippen LogP contribution in [0.5, 0.6) is 0 Å². The Hall–Kier alpha value is -1.02. The zero-order chi connectivity index (χ0) is 13.1. The third-order valence-electron chi connectivity index (χ3n) is 5.13. The summed E-state index contributed by atoms with van der Waals surface area (Å²) in [5, 5.41) is 10.7. The summed E-state index contributed by atoms with van der Waals surface area (Å²) in [5.41, 5.74) is 3.27. The molecule has 1 saturated heterocycles. The lowest BCUT2D eigenvalue weighted by atomic mass is 9.79. The first-order chi connectivity index (χ1) is 8.42. The van der Waals surface area contributed by atoms with E-state index < -0.39 is 5.60 Å². The van der Waals surface area contributed by atoms with E-state index in [0.717, 1.165) is 37.0 Å². The number of hydrogen-bond acceptors (Lipinski definition) is 2. The standard InChI is InChI=1S/C16H22O2/c1-9-5-6-13-10(2)11(3)18-15(13)14-12(9)7-8-16(14,4)17/h13-15,17H,2-3,5-8H2,1,4H3/t13-,14-,15-,16+/m0/s1. The molecule has 0 aromatic carbocycles. The smallest absolute Gasteiger partial charge is 0.115 e. The molecule has 2 aliphatic carbocycles. The molecule has 3 aliphatic rings. The molecule has 2 nitrogen and oxygen atoms in total. The average molecular weight is 246 g/mol. The Kier molecular flexibility index (Phi) is 2.50. The quantitative estimate of drug-likeness (QED) is 0.664. The Balaban J connectivity index is 2.06. The van der Waals surface area contributed by atoms with Crippen LogP contribution in [0.1, 0.15) is 39.5 Å². The number of hydrogen-bond donors (Lipinski definition) is 1. The summed E-state index contributed by atoms with van der Waals surface area (Å²) in [6.45, 7) is 12.2. The van der Waals surface area contributed by atoms with Crippen LogP contribution in [-0.2, 0) is 4.74 Å². The van der Waals surface area contributed by atoms with Crippen molar-refractivity contribution in [3.05, 3.63) is 35.6 Å². The van der Waals surface area contributed by atoms with E-state index in [4.69, 9.17) is 4.74 Å². The van der Waals surface area contributed by atoms with Crippen LogP contribution in [0.25, 0.3) is 0 Å². The molecule has 3 rings (SSSR count). The Morgan fingerprint density at radius 1 is 1.33 bits per heavy atom. The van der Waals surface area contributed by atoms with Crippen LogP contribution >= 0.6 is 0 Å². The Labute approximate surface area is 109 Å². The minimum absolute atomic E-state index is 0.0509. The van der Waals surface area contributed by atoms with Gasteiger partial charge in [-0.3, -0.25) is 0 Å². The number of ether oxygens (including phenoxy) is 1. The Bertz CT molecular complexity index is 456. The molecule has 0 aromatic rings. The summed E-state index contributed by atoms with van der Waals surface area (Å²) in [7, 11) is 0. The molecule has 1 heterocycles. The van der Waals surface area contributed by atoms with Crippen molar-refractivity contribution in [2.45, 2.75) is 51.2 Å². The lowest BCUT2D eigenvalue weighted by molar-refractivity contribution is -0.0365. The molecule has 1 saturated carbocycles. The van der Waals surface area contributed by atoms with Crippen LogP contribution in [0.2, 0.25) is 0 Å². The van der Waals surface area contributed by atoms with Gasteiger partial charge in [-0.1, -0.05) is 24.3 Å². The molecule has 18 heavy (non-hydrogen) atoms. The van der Waals surface area contributed by atoms with Crippen molar-refractivity contribution in [1.82, 2.24) is 0 Å². The van der Waals surface area contributed by atoms with E-state index in [9.17, 15) is 5.11 Å². The first kappa shape index (κ1) is 12.0. The highest BCUT2D eigenvalue weighted by Gasteiger charge is 2.53. The third kappa shape index (κ3) is 1.51. The highest BCUT2D eigenvalue weighted by atomic mass is 16.5. The van der Waals surface area contributed by atoms with Crippen LogP contribution < -0.4 is 0 Å². The minimum Gasteiger partial charge on any atom is -0.489 e. The van der Waals surface area contributed by atoms with E-state index in [0.29, 0.717) is 5.92 Å². The van der Waals surface area contributed by atoms with Crippen molar-refractivity contribution in [3.8, 4) is 0 Å². The normalized spacial score (nSPS) is 43.6. The second-order valence-electron chi connectivity index (χ2n) is 6.32. The minimum atomic E-state index is -0.644. The van der Waals surface area contributed by atoms with Crippen LogP contribution in [0.15, 0.2) is 35.6 Å². The number of fused-ring (bicyclic) bond motifs is 3. The number of aliphatic hydroxyl groups is 1. The molecular weight excluding hydrogens is 224 g/mol. The highest BCUT2D eigenvalue weighted by Crippen LogP contribution is 2.53. The van der Waals surface area contributed by atoms with E-state index in [1.54, 1.807) is 0 Å². The summed E-state index contributed by atoms with van der Waals surface area (Å²) >= 11 is 0. The van der Waals surface area contributed by atoms with E-state index >= 15 is 0 Å². The van der Waals surface area contributed by atoms with Gasteiger partial charge in [-0.25, -0.2) is 0 Å². The van der Waals surface area contributed by atoms with Gasteiger partial charge in [0.05, 0.1) is 5.60 Å². The first-order valence-electron chi connectivity index (χ1n) is 6.87. The molecule has 1 aliphatic heterocycles. The molecule has 0 spiro atoms. The van der Waals surface area contributed by atoms with Gasteiger partial charge in [0, 0.05) is 11.8 Å². The molecule has 2 fully saturated rings. The van der Waals surface area contributed by atoms with Gasteiger partial charge in [-0.05, 0) is 45.1 Å². The fourth-order valence-electron chi connectivity index (χ4n) is 4.00. The fourth-order valence-corrected chi connectivity index (χ4v) is 4.00. The zero-order valence-electron chi connectivity index (χ0n) is 11.3. The lowest BCUT2D eigenvalue weighted by Gasteiger charge is -2.32. The summed E-state index contributed by atoms with van der Waals surface area (Å²) in [6, 6.07) is 0. The number of rotatable bonds is 0. The van der Waals surface area contributed by atoms with Gasteiger partial charge < -0.3 is 9.84 Å². The van der Waals surface area contributed by atoms with Gasteiger partial charge in [0.1, 0.15) is 11.9 Å². The third-order valence-corrected chi connectivity index (χ3v) is 5.13. The topological polar surface area (TPSA) is 29.5 Å². The second kappa shape index (κ2) is 3.74. The molecule has 0 radical (unpaired) electrons. The van der Waals surface area contributed by atoms with Crippen LogP contribution in [0.3, 0.4) is 0 Å². The second-order valence-corrected chi connectivity index (χ2v) is 6.32. The molecular formula is C16H22O2. The van der Waals surface area contributed by atoms with Crippen molar-refractivity contribution in [3.63, 3.8) is 0 Å². The van der Waals surface area contributed by atoms with Gasteiger partial charge in [-0.15, -0.1) is 0 Å². The van der Waals surface area contributed by atoms with E-state index in [-0.39, 0.29) is 12.0 Å². The van der Waals surface area contributed by atoms with Crippen molar-refractivity contribution in [1.29, 1.82) is 0 Å². The highest BCUT2D eigenvalue weighted by molar-refractivity contribution is 5.36. The molecule has 0 bridgehead atoms. The Morgan fingerprint density at radius 3 is 2.78 bits per heavy atom. The molecule has 1 N–H and O–H groups in total. The Morgan fingerprint density at radius 2 is 2.06 bits per heavy atom. The molecule has 2 heteroatoms. The molecule has 98 valence electrons. The summed E-state index contributed by atoms with van der Waals surface area (Å²) in [4.78, 5) is 0. The van der Waals surface area contributed by atoms with Crippen molar-refractivity contribution in [2.24, 2.45) is 11.8 Å². The predicted octanol–water partition coefficient (Wildman–Crippen LogP) is 3.34. The van der Waals surface area contributed by atoms with Gasteiger partial charge in [0.2, 0.25) is 0 Å². The van der Waals surface area contributed by atoms with Crippen molar-refractivity contribution in [2.75, 3.05) is 0 Å². The van der Waals surface area contributed by atoms with Gasteiger partial charge in [-0.2, -0.15) is 0 Å². The largest absolute Gasteiger partial charge is 0.489 e. The monoisotopic (exact) mass is 246 g/mol. The van der Waals surface area contributed by atoms with E-state index in [1.807, 2.05) is 6.92 Å². The van der Waals surface area contributed by atoms with Crippen LogP contribution in [0, 0.1) is 11.8 Å². The van der Waals surface area contributed by atoms with Gasteiger partial charge >= 0.3 is 0 Å². The lowest BCUT2D eigenvalue weighted by Crippen LogP contribution is -2.40. The maximum absolute atomic E-state index is 10.7. The van der Waals surface area contributed by atoms with Crippen LogP contribution in [0.4, 0.5) is 0 Å². The first-order valence-corrected chi connectivity index (χ1v) is 6.87. The summed E-state index contributed by atoms with van der Waals surface area (Å²) in [6.07, 6.45) is 4.07. The molecule has 0 unspecified atom stereocenters. The van der Waals surface area contributed by atoms with Crippen molar-refractivity contribution >= 4 is 0 Å². The maximum Gasteiger partial charge on any atom is 0.115 e. The predicted molar refractivity (Wildman–Crippen MR) is 71.9 cm³/mol. The van der Waals surface area contributed by atoms with Crippen LogP contribution in [-0.4, -0.2) is 16.8 Å². The SMILES string of the molecule is C=C1O[C@H]2[C@@H](CCC(C)=C3CC[C@@](C)(O)[C@@H]32)C1=C. The zero-order valence-corrected chi connectivity index (χ0v) is 11.3. The van der Waals surface area contributed by atoms with Gasteiger partial charge in [0.25, 0.3) is 0 Å². The average Bonchev–Trinajstić information content (AvgIpc) is 2.69. The van der Waals surface area contributed by atoms with E-state index in [1.165, 1.54) is 11.1 Å². The molecule has 0 amide bonds. The van der Waals surface area contributed by atoms with E-state index in [2.05, 4.69) is 20.1 Å². The molecule has 0 aromatic heterocycles. The molecule has 4 atom stereocenters. The van der Waals surface area contributed by atoms with Crippen molar-refractivity contribution < 1.29 is 9.84 Å². The fraction of sp³-hybridized carbons (Fsp3) is 0.625. The van der Waals surface area contributed by atoms with Gasteiger partial charge in [0.15, 0.2) is 0 Å². The number of allylic oxidation sites excluding steroid dienone is 2. The summed E-state index contributed by atoms with van der Waals surface area (Å²) < 4.78 is 5.97.